The molecule has 37 heavy (non-hydrogen) atoms. The molecule has 5 nitrogen and oxygen atoms in total. The summed E-state index contributed by atoms with van der Waals surface area (Å²) in [5, 5.41) is 10.6. The molecule has 0 fully saturated rings. The van der Waals surface area contributed by atoms with Gasteiger partial charge in [-0.05, 0) is 67.0 Å². The Hall–Kier alpha value is -3.53. The van der Waals surface area contributed by atoms with Gasteiger partial charge in [0.2, 0.25) is 0 Å². The number of hydrogen-bond acceptors (Lipinski definition) is 5. The highest BCUT2D eigenvalue weighted by Gasteiger charge is 2.48. The quantitative estimate of drug-likeness (QED) is 0.460. The normalized spacial score (nSPS) is 25.5. The minimum atomic E-state index is -3.50. The number of phenolic OH excluding ortho intramolecular Hbond substituents is 1. The Morgan fingerprint density at radius 1 is 1.14 bits per heavy atom. The number of ether oxygens (including phenoxy) is 1. The molecule has 0 bridgehead atoms. The van der Waals surface area contributed by atoms with Crippen molar-refractivity contribution in [2.45, 2.75) is 25.4 Å². The molecule has 1 N–H and O–H groups in total. The Morgan fingerprint density at radius 3 is 2.68 bits per heavy atom. The third-order valence-electron chi connectivity index (χ3n) is 7.02. The van der Waals surface area contributed by atoms with Crippen LogP contribution in [0.5, 0.6) is 5.75 Å². The molecule has 3 unspecified atom stereocenters. The summed E-state index contributed by atoms with van der Waals surface area (Å²) in [6, 6.07) is 14.9. The van der Waals surface area contributed by atoms with Crippen LogP contribution in [0.15, 0.2) is 120 Å². The first-order chi connectivity index (χ1) is 17.9. The minimum absolute atomic E-state index is 0.0897. The third-order valence-corrected chi connectivity index (χ3v) is 9.85. The maximum Gasteiger partial charge on any atom is 0.286 e. The fourth-order valence-corrected chi connectivity index (χ4v) is 8.14. The first-order valence-electron chi connectivity index (χ1n) is 12.5. The largest absolute Gasteiger partial charge is 0.508 e. The van der Waals surface area contributed by atoms with Crippen molar-refractivity contribution < 1.29 is 18.9 Å². The standard InChI is InChI=1S/C31H32NO4P/c1-4-10-26-28(22(2)3)20-35-21-32(23-15-17-24(33)18-16-23)19-31(26)37(34)30-14-9-8-12-27(30)25-11-6-5-7-13-29(25)36-37/h4-18,25,31,33H,2,19-21H2,1,3H3/b10-4-,28-26?. The Bertz CT molecular complexity index is 1400. The van der Waals surface area contributed by atoms with Gasteiger partial charge in [0.15, 0.2) is 0 Å². The van der Waals surface area contributed by atoms with Crippen LogP contribution in [0.2, 0.25) is 0 Å². The topological polar surface area (TPSA) is 59.0 Å². The van der Waals surface area contributed by atoms with Crippen molar-refractivity contribution in [2.75, 3.05) is 24.8 Å². The van der Waals surface area contributed by atoms with Crippen LogP contribution in [0.25, 0.3) is 0 Å². The lowest BCUT2D eigenvalue weighted by molar-refractivity contribution is 0.153. The van der Waals surface area contributed by atoms with Crippen LogP contribution >= 0.6 is 7.37 Å². The van der Waals surface area contributed by atoms with Gasteiger partial charge in [0.1, 0.15) is 18.2 Å². The number of benzene rings is 2. The van der Waals surface area contributed by atoms with Crippen LogP contribution in [0.3, 0.4) is 0 Å². The molecule has 5 rings (SSSR count). The smallest absolute Gasteiger partial charge is 0.286 e. The summed E-state index contributed by atoms with van der Waals surface area (Å²) in [5.74, 6) is 0.795. The zero-order chi connectivity index (χ0) is 26.0. The highest BCUT2D eigenvalue weighted by atomic mass is 31.2. The molecule has 0 saturated carbocycles. The van der Waals surface area contributed by atoms with Gasteiger partial charge in [-0.1, -0.05) is 66.8 Å². The number of anilines is 1. The second-order valence-corrected chi connectivity index (χ2v) is 12.0. The first kappa shape index (κ1) is 25.1. The van der Waals surface area contributed by atoms with Crippen molar-refractivity contribution in [2.24, 2.45) is 0 Å². The molecule has 3 aliphatic rings. The van der Waals surface area contributed by atoms with Gasteiger partial charge >= 0.3 is 0 Å². The molecule has 2 heterocycles. The lowest BCUT2D eigenvalue weighted by Crippen LogP contribution is -2.41. The molecular weight excluding hydrogens is 481 g/mol. The first-order valence-corrected chi connectivity index (χ1v) is 14.2. The zero-order valence-electron chi connectivity index (χ0n) is 21.2. The van der Waals surface area contributed by atoms with E-state index < -0.39 is 13.0 Å². The molecule has 1 aliphatic carbocycles. The third kappa shape index (κ3) is 4.77. The van der Waals surface area contributed by atoms with Gasteiger partial charge in [-0.2, -0.15) is 0 Å². The van der Waals surface area contributed by atoms with Crippen LogP contribution in [-0.4, -0.2) is 30.6 Å². The molecule has 0 saturated heterocycles. The van der Waals surface area contributed by atoms with E-state index in [0.29, 0.717) is 25.6 Å². The molecule has 190 valence electrons. The molecule has 0 spiro atoms. The molecule has 0 aromatic heterocycles. The summed E-state index contributed by atoms with van der Waals surface area (Å²) in [7, 11) is -3.50. The van der Waals surface area contributed by atoms with E-state index >= 15 is 4.57 Å². The number of allylic oxidation sites excluding steroid dienone is 7. The Labute approximate surface area is 218 Å². The average Bonchev–Trinajstić information content (AvgIpc) is 3.12. The van der Waals surface area contributed by atoms with Crippen LogP contribution < -0.4 is 10.2 Å². The van der Waals surface area contributed by atoms with Gasteiger partial charge in [0, 0.05) is 12.2 Å². The van der Waals surface area contributed by atoms with Gasteiger partial charge in [0.25, 0.3) is 7.37 Å². The summed E-state index contributed by atoms with van der Waals surface area (Å²) in [5.41, 5.74) is 4.14. The van der Waals surface area contributed by atoms with Crippen molar-refractivity contribution in [3.63, 3.8) is 0 Å². The molecule has 2 aliphatic heterocycles. The van der Waals surface area contributed by atoms with Gasteiger partial charge in [-0.3, -0.25) is 4.57 Å². The average molecular weight is 514 g/mol. The van der Waals surface area contributed by atoms with Crippen molar-refractivity contribution in [3.05, 3.63) is 126 Å². The van der Waals surface area contributed by atoms with E-state index in [0.717, 1.165) is 33.3 Å². The van der Waals surface area contributed by atoms with E-state index in [1.165, 1.54) is 0 Å². The molecule has 6 heteroatoms. The van der Waals surface area contributed by atoms with E-state index in [1.54, 1.807) is 12.1 Å². The van der Waals surface area contributed by atoms with E-state index in [4.69, 9.17) is 9.26 Å². The number of aromatic hydroxyl groups is 1. The van der Waals surface area contributed by atoms with Crippen molar-refractivity contribution in [1.82, 2.24) is 0 Å². The summed E-state index contributed by atoms with van der Waals surface area (Å²) < 4.78 is 28.2. The van der Waals surface area contributed by atoms with E-state index in [2.05, 4.69) is 23.6 Å². The lowest BCUT2D eigenvalue weighted by atomic mass is 9.96. The Kier molecular flexibility index (Phi) is 7.10. The molecule has 2 aromatic carbocycles. The number of hydrogen-bond donors (Lipinski definition) is 1. The second kappa shape index (κ2) is 10.5. The monoisotopic (exact) mass is 513 g/mol. The fourth-order valence-electron chi connectivity index (χ4n) is 5.20. The van der Waals surface area contributed by atoms with Crippen LogP contribution in [0.4, 0.5) is 5.69 Å². The lowest BCUT2D eigenvalue weighted by Gasteiger charge is -2.41. The summed E-state index contributed by atoms with van der Waals surface area (Å²) in [6.07, 6.45) is 13.9. The fraction of sp³-hybridized carbons (Fsp3) is 0.226. The summed E-state index contributed by atoms with van der Waals surface area (Å²) in [6.45, 7) is 9.19. The number of fused-ring (bicyclic) bond motifs is 3. The molecular formula is C31H32NO4P. The van der Waals surface area contributed by atoms with Gasteiger partial charge in [-0.25, -0.2) is 0 Å². The van der Waals surface area contributed by atoms with E-state index in [9.17, 15) is 5.11 Å². The van der Waals surface area contributed by atoms with Crippen molar-refractivity contribution in [3.8, 4) is 5.75 Å². The van der Waals surface area contributed by atoms with Gasteiger partial charge in [0.05, 0.1) is 23.5 Å². The van der Waals surface area contributed by atoms with Crippen molar-refractivity contribution >= 4 is 18.4 Å². The molecule has 2 aromatic rings. The van der Waals surface area contributed by atoms with Gasteiger partial charge in [-0.15, -0.1) is 0 Å². The Balaban J connectivity index is 1.73. The Morgan fingerprint density at radius 2 is 1.92 bits per heavy atom. The maximum atomic E-state index is 15.4. The van der Waals surface area contributed by atoms with E-state index in [-0.39, 0.29) is 11.7 Å². The van der Waals surface area contributed by atoms with Crippen LogP contribution in [0.1, 0.15) is 25.3 Å². The SMILES string of the molecule is C=C(C)C1=C(/C=C\C)C(P2(=O)OC3=CC=CC=CC3c3ccccc32)CN(c2ccc(O)cc2)COC1. The van der Waals surface area contributed by atoms with E-state index in [1.807, 2.05) is 80.6 Å². The molecule has 3 atom stereocenters. The molecule has 0 radical (unpaired) electrons. The number of rotatable bonds is 4. The van der Waals surface area contributed by atoms with Gasteiger partial charge < -0.3 is 19.3 Å². The highest BCUT2D eigenvalue weighted by Crippen LogP contribution is 2.61. The number of nitrogens with zero attached hydrogens (tertiary/aromatic N) is 1. The summed E-state index contributed by atoms with van der Waals surface area (Å²) in [4.78, 5) is 2.06. The zero-order valence-corrected chi connectivity index (χ0v) is 22.1. The highest BCUT2D eigenvalue weighted by molar-refractivity contribution is 7.68. The summed E-state index contributed by atoms with van der Waals surface area (Å²) >= 11 is 0. The predicted molar refractivity (Wildman–Crippen MR) is 151 cm³/mol. The second-order valence-electron chi connectivity index (χ2n) is 9.51. The maximum absolute atomic E-state index is 15.4. The van der Waals surface area contributed by atoms with Crippen molar-refractivity contribution in [1.29, 1.82) is 0 Å². The predicted octanol–water partition coefficient (Wildman–Crippen LogP) is 6.73. The minimum Gasteiger partial charge on any atom is -0.508 e. The number of phenols is 1. The van der Waals surface area contributed by atoms with Crippen LogP contribution in [0, 0.1) is 0 Å². The molecule has 0 amide bonds. The van der Waals surface area contributed by atoms with Crippen LogP contribution in [-0.2, 0) is 13.8 Å².